The highest BCUT2D eigenvalue weighted by molar-refractivity contribution is 7.10. The summed E-state index contributed by atoms with van der Waals surface area (Å²) in [6, 6.07) is 9.12. The van der Waals surface area contributed by atoms with Gasteiger partial charge in [-0.05, 0) is 35.9 Å². The van der Waals surface area contributed by atoms with Crippen molar-refractivity contribution in [3.05, 3.63) is 52.5 Å². The Hall–Kier alpha value is -1.72. The van der Waals surface area contributed by atoms with Crippen molar-refractivity contribution in [2.45, 2.75) is 37.9 Å². The van der Waals surface area contributed by atoms with Crippen LogP contribution in [0.2, 0.25) is 0 Å². The van der Waals surface area contributed by atoms with Gasteiger partial charge < -0.3 is 4.90 Å². The van der Waals surface area contributed by atoms with Crippen molar-refractivity contribution in [3.63, 3.8) is 0 Å². The van der Waals surface area contributed by atoms with Gasteiger partial charge in [-0.3, -0.25) is 14.7 Å². The molecular formula is C18H21N3OS. The molecule has 1 amide bonds. The molecule has 2 aromatic heterocycles. The van der Waals surface area contributed by atoms with E-state index in [1.807, 2.05) is 29.9 Å². The zero-order chi connectivity index (χ0) is 15.6. The quantitative estimate of drug-likeness (QED) is 0.866. The van der Waals surface area contributed by atoms with Crippen LogP contribution in [0.1, 0.15) is 23.3 Å². The van der Waals surface area contributed by atoms with E-state index < -0.39 is 0 Å². The average molecular weight is 327 g/mol. The lowest BCUT2D eigenvalue weighted by atomic mass is 10.1. The van der Waals surface area contributed by atoms with Crippen LogP contribution < -0.4 is 0 Å². The molecule has 2 atom stereocenters. The number of hydrogen-bond acceptors (Lipinski definition) is 4. The minimum Gasteiger partial charge on any atom is -0.338 e. The number of amides is 1. The highest BCUT2D eigenvalue weighted by Crippen LogP contribution is 2.33. The van der Waals surface area contributed by atoms with E-state index in [0.29, 0.717) is 24.4 Å². The number of nitrogens with zero attached hydrogens (tertiary/aromatic N) is 3. The van der Waals surface area contributed by atoms with E-state index in [2.05, 4.69) is 26.9 Å². The summed E-state index contributed by atoms with van der Waals surface area (Å²) in [6.45, 7) is 2.93. The topological polar surface area (TPSA) is 36.4 Å². The maximum Gasteiger partial charge on any atom is 0.228 e. The molecule has 0 N–H and O–H groups in total. The van der Waals surface area contributed by atoms with E-state index in [-0.39, 0.29) is 0 Å². The lowest BCUT2D eigenvalue weighted by Gasteiger charge is -2.25. The second-order valence-electron chi connectivity index (χ2n) is 6.39. The highest BCUT2D eigenvalue weighted by atomic mass is 32.1. The molecule has 4 rings (SSSR count). The van der Waals surface area contributed by atoms with Gasteiger partial charge in [-0.15, -0.1) is 11.3 Å². The maximum absolute atomic E-state index is 12.6. The third-order valence-corrected chi connectivity index (χ3v) is 5.90. The summed E-state index contributed by atoms with van der Waals surface area (Å²) in [4.78, 5) is 22.7. The van der Waals surface area contributed by atoms with E-state index >= 15 is 0 Å². The minimum absolute atomic E-state index is 0.295. The molecule has 0 bridgehead atoms. The molecule has 2 saturated heterocycles. The Kier molecular flexibility index (Phi) is 4.14. The standard InChI is InChI=1S/C18H21N3OS/c22-18(11-15-4-2-10-23-15)21-9-6-16-17(21)5-8-20(16)13-14-3-1-7-19-12-14/h1-4,7,10,12,16-17H,5-6,8-9,11,13H2/t16-,17-/m1/s1. The summed E-state index contributed by atoms with van der Waals surface area (Å²) in [7, 11) is 0. The number of carbonyl (C=O) groups excluding carboxylic acids is 1. The molecule has 0 aliphatic carbocycles. The van der Waals surface area contributed by atoms with E-state index in [1.165, 1.54) is 10.4 Å². The second kappa shape index (κ2) is 6.42. The first-order valence-corrected chi connectivity index (χ1v) is 9.14. The van der Waals surface area contributed by atoms with Gasteiger partial charge in [-0.25, -0.2) is 0 Å². The molecule has 2 fully saturated rings. The summed E-state index contributed by atoms with van der Waals surface area (Å²) in [6.07, 6.45) is 6.52. The van der Waals surface area contributed by atoms with Crippen molar-refractivity contribution < 1.29 is 4.79 Å². The zero-order valence-electron chi connectivity index (χ0n) is 13.1. The molecule has 0 unspecified atom stereocenters. The lowest BCUT2D eigenvalue weighted by Crippen LogP contribution is -2.40. The van der Waals surface area contributed by atoms with Gasteiger partial charge in [0.2, 0.25) is 5.91 Å². The first-order chi connectivity index (χ1) is 11.3. The number of carbonyl (C=O) groups is 1. The average Bonchev–Trinajstić information content (AvgIpc) is 3.27. The van der Waals surface area contributed by atoms with Crippen LogP contribution in [-0.4, -0.2) is 45.9 Å². The van der Waals surface area contributed by atoms with Gasteiger partial charge in [0, 0.05) is 49.0 Å². The molecular weight excluding hydrogens is 306 g/mol. The zero-order valence-corrected chi connectivity index (χ0v) is 13.9. The first-order valence-electron chi connectivity index (χ1n) is 8.26. The van der Waals surface area contributed by atoms with Crippen molar-refractivity contribution in [2.75, 3.05) is 13.1 Å². The number of pyridine rings is 1. The van der Waals surface area contributed by atoms with Crippen LogP contribution in [0.3, 0.4) is 0 Å². The summed E-state index contributed by atoms with van der Waals surface area (Å²) < 4.78 is 0. The molecule has 0 radical (unpaired) electrons. The Balaban J connectivity index is 1.40. The van der Waals surface area contributed by atoms with E-state index in [0.717, 1.165) is 32.5 Å². The van der Waals surface area contributed by atoms with Crippen molar-refractivity contribution >= 4 is 17.2 Å². The van der Waals surface area contributed by atoms with Gasteiger partial charge in [-0.1, -0.05) is 12.1 Å². The van der Waals surface area contributed by atoms with Crippen molar-refractivity contribution in [1.82, 2.24) is 14.8 Å². The van der Waals surface area contributed by atoms with Gasteiger partial charge in [0.15, 0.2) is 0 Å². The largest absolute Gasteiger partial charge is 0.338 e. The summed E-state index contributed by atoms with van der Waals surface area (Å²) in [5.41, 5.74) is 1.26. The predicted molar refractivity (Wildman–Crippen MR) is 91.2 cm³/mol. The van der Waals surface area contributed by atoms with Crippen LogP contribution in [0.5, 0.6) is 0 Å². The smallest absolute Gasteiger partial charge is 0.228 e. The van der Waals surface area contributed by atoms with Crippen LogP contribution in [0.25, 0.3) is 0 Å². The lowest BCUT2D eigenvalue weighted by molar-refractivity contribution is -0.131. The van der Waals surface area contributed by atoms with Crippen LogP contribution in [0.4, 0.5) is 0 Å². The predicted octanol–water partition coefficient (Wildman–Crippen LogP) is 2.56. The monoisotopic (exact) mass is 327 g/mol. The van der Waals surface area contributed by atoms with Crippen molar-refractivity contribution in [1.29, 1.82) is 0 Å². The van der Waals surface area contributed by atoms with Crippen molar-refractivity contribution in [3.8, 4) is 0 Å². The number of thiophene rings is 1. The number of fused-ring (bicyclic) bond motifs is 1. The molecule has 0 spiro atoms. The first kappa shape index (κ1) is 14.8. The third-order valence-electron chi connectivity index (χ3n) is 5.03. The second-order valence-corrected chi connectivity index (χ2v) is 7.42. The normalized spacial score (nSPS) is 24.1. The van der Waals surface area contributed by atoms with Gasteiger partial charge >= 0.3 is 0 Å². The molecule has 5 heteroatoms. The summed E-state index contributed by atoms with van der Waals surface area (Å²) >= 11 is 1.67. The van der Waals surface area contributed by atoms with Gasteiger partial charge in [0.25, 0.3) is 0 Å². The van der Waals surface area contributed by atoms with Crippen molar-refractivity contribution in [2.24, 2.45) is 0 Å². The maximum atomic E-state index is 12.6. The molecule has 0 aromatic carbocycles. The molecule has 4 heterocycles. The highest BCUT2D eigenvalue weighted by Gasteiger charge is 2.43. The SMILES string of the molecule is O=C(Cc1cccs1)N1CC[C@@H]2[C@H]1CCN2Cc1cccnc1. The van der Waals surface area contributed by atoms with Crippen LogP contribution in [0, 0.1) is 0 Å². The Bertz CT molecular complexity index is 658. The third kappa shape index (κ3) is 3.03. The fourth-order valence-electron chi connectivity index (χ4n) is 3.97. The minimum atomic E-state index is 0.295. The number of rotatable bonds is 4. The Morgan fingerprint density at radius 3 is 2.91 bits per heavy atom. The van der Waals surface area contributed by atoms with Crippen LogP contribution >= 0.6 is 11.3 Å². The van der Waals surface area contributed by atoms with E-state index in [9.17, 15) is 4.79 Å². The molecule has 2 aliphatic heterocycles. The van der Waals surface area contributed by atoms with E-state index in [1.54, 1.807) is 11.3 Å². The van der Waals surface area contributed by atoms with Gasteiger partial charge in [0.05, 0.1) is 6.42 Å². The fraction of sp³-hybridized carbons (Fsp3) is 0.444. The molecule has 0 saturated carbocycles. The van der Waals surface area contributed by atoms with Crippen LogP contribution in [0.15, 0.2) is 42.0 Å². The summed E-state index contributed by atoms with van der Waals surface area (Å²) in [5, 5.41) is 2.04. The molecule has 4 nitrogen and oxygen atoms in total. The Morgan fingerprint density at radius 2 is 2.13 bits per heavy atom. The Morgan fingerprint density at radius 1 is 1.22 bits per heavy atom. The summed E-state index contributed by atoms with van der Waals surface area (Å²) in [5.74, 6) is 0.295. The van der Waals surface area contributed by atoms with Gasteiger partial charge in [0.1, 0.15) is 0 Å². The number of aromatic nitrogens is 1. The number of likely N-dealkylation sites (tertiary alicyclic amines) is 2. The van der Waals surface area contributed by atoms with Crippen LogP contribution in [-0.2, 0) is 17.8 Å². The van der Waals surface area contributed by atoms with E-state index in [4.69, 9.17) is 0 Å². The molecule has 23 heavy (non-hydrogen) atoms. The molecule has 2 aromatic rings. The molecule has 2 aliphatic rings. The van der Waals surface area contributed by atoms with Gasteiger partial charge in [-0.2, -0.15) is 0 Å². The number of hydrogen-bond donors (Lipinski definition) is 0. The Labute approximate surface area is 140 Å². The fourth-order valence-corrected chi connectivity index (χ4v) is 4.67. The molecule has 120 valence electrons.